The summed E-state index contributed by atoms with van der Waals surface area (Å²) in [6.07, 6.45) is 0.689. The molecular weight excluding hydrogens is 330 g/mol. The van der Waals surface area contributed by atoms with E-state index in [-0.39, 0.29) is 12.2 Å². The molecule has 0 bridgehead atoms. The van der Waals surface area contributed by atoms with Gasteiger partial charge < -0.3 is 0 Å². The van der Waals surface area contributed by atoms with E-state index in [0.717, 1.165) is 5.56 Å². The van der Waals surface area contributed by atoms with E-state index in [4.69, 9.17) is 0 Å². The first-order chi connectivity index (χ1) is 11.5. The lowest BCUT2D eigenvalue weighted by Gasteiger charge is -2.28. The maximum absolute atomic E-state index is 12.5. The van der Waals surface area contributed by atoms with Gasteiger partial charge in [0.25, 0.3) is 15.9 Å². The average molecular weight is 347 g/mol. The maximum Gasteiger partial charge on any atom is 0.280 e. The Kier molecular flexibility index (Phi) is 4.61. The third-order valence-corrected chi connectivity index (χ3v) is 5.54. The normalized spacial score (nSPS) is 15.0. The van der Waals surface area contributed by atoms with Crippen LogP contribution >= 0.6 is 0 Å². The SMILES string of the molecule is O=[N+]([O-])c1ccc(CNS(=O)(=O)N2CCc3ccccc3C2)cc1. The number of fused-ring (bicyclic) bond motifs is 1. The molecule has 8 heteroatoms. The summed E-state index contributed by atoms with van der Waals surface area (Å²) in [6, 6.07) is 13.6. The van der Waals surface area contributed by atoms with Crippen molar-refractivity contribution < 1.29 is 13.3 Å². The monoisotopic (exact) mass is 347 g/mol. The molecule has 1 N–H and O–H groups in total. The van der Waals surface area contributed by atoms with Gasteiger partial charge in [0.05, 0.1) is 4.92 Å². The molecule has 0 atom stereocenters. The van der Waals surface area contributed by atoms with Crippen LogP contribution in [0.25, 0.3) is 0 Å². The zero-order valence-corrected chi connectivity index (χ0v) is 13.7. The molecule has 1 heterocycles. The third kappa shape index (κ3) is 3.61. The van der Waals surface area contributed by atoms with Crippen molar-refractivity contribution in [1.82, 2.24) is 9.03 Å². The molecule has 0 fully saturated rings. The van der Waals surface area contributed by atoms with Gasteiger partial charge in [-0.3, -0.25) is 10.1 Å². The summed E-state index contributed by atoms with van der Waals surface area (Å²) < 4.78 is 28.9. The zero-order valence-electron chi connectivity index (χ0n) is 12.9. The second-order valence-electron chi connectivity index (χ2n) is 5.60. The van der Waals surface area contributed by atoms with Crippen LogP contribution in [0.2, 0.25) is 0 Å². The molecule has 0 amide bonds. The van der Waals surface area contributed by atoms with E-state index in [9.17, 15) is 18.5 Å². The Hall–Kier alpha value is -2.29. The summed E-state index contributed by atoms with van der Waals surface area (Å²) in [5, 5.41) is 10.6. The quantitative estimate of drug-likeness (QED) is 0.661. The number of hydrogen-bond donors (Lipinski definition) is 1. The summed E-state index contributed by atoms with van der Waals surface area (Å²) in [6.45, 7) is 0.886. The number of nitro benzene ring substituents is 1. The minimum atomic E-state index is -3.60. The van der Waals surface area contributed by atoms with Crippen molar-refractivity contribution in [2.24, 2.45) is 0 Å². The summed E-state index contributed by atoms with van der Waals surface area (Å²) >= 11 is 0. The first-order valence-corrected chi connectivity index (χ1v) is 8.94. The summed E-state index contributed by atoms with van der Waals surface area (Å²) in [7, 11) is -3.60. The van der Waals surface area contributed by atoms with Gasteiger partial charge in [0.1, 0.15) is 0 Å². The highest BCUT2D eigenvalue weighted by Gasteiger charge is 2.26. The van der Waals surface area contributed by atoms with Gasteiger partial charge in [0.2, 0.25) is 0 Å². The summed E-state index contributed by atoms with van der Waals surface area (Å²) in [5.41, 5.74) is 2.85. The van der Waals surface area contributed by atoms with Crippen molar-refractivity contribution in [3.8, 4) is 0 Å². The first kappa shape index (κ1) is 16.6. The summed E-state index contributed by atoms with van der Waals surface area (Å²) in [4.78, 5) is 10.1. The Morgan fingerprint density at radius 3 is 2.42 bits per heavy atom. The van der Waals surface area contributed by atoms with E-state index in [2.05, 4.69) is 4.72 Å². The summed E-state index contributed by atoms with van der Waals surface area (Å²) in [5.74, 6) is 0. The zero-order chi connectivity index (χ0) is 17.2. The van der Waals surface area contributed by atoms with Gasteiger partial charge in [-0.2, -0.15) is 17.4 Å². The number of rotatable bonds is 5. The number of non-ortho nitro benzene ring substituents is 1. The number of benzene rings is 2. The molecule has 2 aromatic carbocycles. The smallest absolute Gasteiger partial charge is 0.258 e. The fourth-order valence-corrected chi connectivity index (χ4v) is 3.85. The van der Waals surface area contributed by atoms with Crippen LogP contribution in [0.5, 0.6) is 0 Å². The van der Waals surface area contributed by atoms with Crippen molar-refractivity contribution in [1.29, 1.82) is 0 Å². The van der Waals surface area contributed by atoms with Gasteiger partial charge in [-0.1, -0.05) is 36.4 Å². The second-order valence-corrected chi connectivity index (χ2v) is 7.36. The number of nitrogens with one attached hydrogen (secondary N) is 1. The predicted octanol–water partition coefficient (Wildman–Crippen LogP) is 1.99. The molecule has 0 aliphatic carbocycles. The molecule has 2 aromatic rings. The Labute approximate surface area is 140 Å². The topological polar surface area (TPSA) is 92.5 Å². The van der Waals surface area contributed by atoms with Crippen molar-refractivity contribution >= 4 is 15.9 Å². The van der Waals surface area contributed by atoms with Gasteiger partial charge in [0.15, 0.2) is 0 Å². The molecule has 1 aliphatic rings. The molecule has 1 aliphatic heterocycles. The number of nitrogens with zero attached hydrogens (tertiary/aromatic N) is 2. The van der Waals surface area contributed by atoms with Crippen molar-refractivity contribution in [2.75, 3.05) is 6.54 Å². The molecule has 7 nitrogen and oxygen atoms in total. The van der Waals surface area contributed by atoms with Crippen LogP contribution in [0.1, 0.15) is 16.7 Å². The Bertz CT molecular complexity index is 850. The van der Waals surface area contributed by atoms with Crippen LogP contribution in [-0.4, -0.2) is 24.2 Å². The average Bonchev–Trinajstić information content (AvgIpc) is 2.60. The highest BCUT2D eigenvalue weighted by Crippen LogP contribution is 2.20. The Balaban J connectivity index is 1.65. The van der Waals surface area contributed by atoms with Crippen molar-refractivity contribution in [3.05, 3.63) is 75.3 Å². The maximum atomic E-state index is 12.5. The largest absolute Gasteiger partial charge is 0.280 e. The molecule has 24 heavy (non-hydrogen) atoms. The van der Waals surface area contributed by atoms with Crippen molar-refractivity contribution in [2.45, 2.75) is 19.5 Å². The Morgan fingerprint density at radius 1 is 1.08 bits per heavy atom. The fraction of sp³-hybridized carbons (Fsp3) is 0.250. The molecular formula is C16H17N3O4S. The fourth-order valence-electron chi connectivity index (χ4n) is 2.68. The third-order valence-electron chi connectivity index (χ3n) is 4.04. The predicted molar refractivity (Wildman–Crippen MR) is 89.4 cm³/mol. The van der Waals surface area contributed by atoms with E-state index < -0.39 is 15.1 Å². The van der Waals surface area contributed by atoms with E-state index in [1.807, 2.05) is 24.3 Å². The van der Waals surface area contributed by atoms with Gasteiger partial charge in [0, 0.05) is 31.8 Å². The van der Waals surface area contributed by atoms with Gasteiger partial charge in [-0.25, -0.2) is 0 Å². The molecule has 0 radical (unpaired) electrons. The van der Waals surface area contributed by atoms with Crippen LogP contribution in [0, 0.1) is 10.1 Å². The van der Waals surface area contributed by atoms with Crippen LogP contribution in [0.3, 0.4) is 0 Å². The van der Waals surface area contributed by atoms with Crippen LogP contribution < -0.4 is 4.72 Å². The lowest BCUT2D eigenvalue weighted by atomic mass is 10.0. The standard InChI is InChI=1S/C16H17N3O4S/c20-19(21)16-7-5-13(6-8-16)11-17-24(22,23)18-10-9-14-3-1-2-4-15(14)12-18/h1-8,17H,9-12H2. The highest BCUT2D eigenvalue weighted by atomic mass is 32.2. The van der Waals surface area contributed by atoms with Crippen LogP contribution in [-0.2, 0) is 29.7 Å². The van der Waals surface area contributed by atoms with E-state index in [1.165, 1.54) is 22.0 Å². The lowest BCUT2D eigenvalue weighted by Crippen LogP contribution is -2.43. The van der Waals surface area contributed by atoms with E-state index in [0.29, 0.717) is 25.1 Å². The minimum absolute atomic E-state index is 0.0192. The molecule has 0 saturated carbocycles. The lowest BCUT2D eigenvalue weighted by molar-refractivity contribution is -0.384. The highest BCUT2D eigenvalue weighted by molar-refractivity contribution is 7.87. The number of nitro groups is 1. The van der Waals surface area contributed by atoms with E-state index in [1.54, 1.807) is 12.1 Å². The van der Waals surface area contributed by atoms with Crippen LogP contribution in [0.15, 0.2) is 48.5 Å². The molecule has 126 valence electrons. The Morgan fingerprint density at radius 2 is 1.75 bits per heavy atom. The van der Waals surface area contributed by atoms with Gasteiger partial charge in [-0.15, -0.1) is 0 Å². The first-order valence-electron chi connectivity index (χ1n) is 7.50. The minimum Gasteiger partial charge on any atom is -0.258 e. The van der Waals surface area contributed by atoms with Gasteiger partial charge in [-0.05, 0) is 23.1 Å². The molecule has 0 spiro atoms. The second kappa shape index (κ2) is 6.68. The molecule has 0 aromatic heterocycles. The van der Waals surface area contributed by atoms with Crippen LogP contribution in [0.4, 0.5) is 5.69 Å². The van der Waals surface area contributed by atoms with E-state index >= 15 is 0 Å². The van der Waals surface area contributed by atoms with Gasteiger partial charge >= 0.3 is 0 Å². The molecule has 3 rings (SSSR count). The number of hydrogen-bond acceptors (Lipinski definition) is 4. The molecule has 0 unspecified atom stereocenters. The van der Waals surface area contributed by atoms with Crippen molar-refractivity contribution in [3.63, 3.8) is 0 Å². The molecule has 0 saturated heterocycles.